The average molecular weight is 280 g/mol. The van der Waals surface area contributed by atoms with Crippen LogP contribution in [0, 0.1) is 6.92 Å². The summed E-state index contributed by atoms with van der Waals surface area (Å²) in [4.78, 5) is 0. The molecule has 0 aliphatic carbocycles. The molecule has 0 fully saturated rings. The summed E-state index contributed by atoms with van der Waals surface area (Å²) >= 11 is 6.10. The Morgan fingerprint density at radius 1 is 1.26 bits per heavy atom. The highest BCUT2D eigenvalue weighted by Gasteiger charge is 2.20. The van der Waals surface area contributed by atoms with Crippen molar-refractivity contribution in [2.24, 2.45) is 5.73 Å². The summed E-state index contributed by atoms with van der Waals surface area (Å²) in [5.41, 5.74) is 6.90. The second kappa shape index (κ2) is 6.24. The van der Waals surface area contributed by atoms with Crippen LogP contribution in [0.5, 0.6) is 0 Å². The molecule has 2 aromatic rings. The van der Waals surface area contributed by atoms with Crippen LogP contribution in [0.15, 0.2) is 40.8 Å². The van der Waals surface area contributed by atoms with Crippen LogP contribution < -0.4 is 5.73 Å². The van der Waals surface area contributed by atoms with E-state index in [9.17, 15) is 0 Å². The topological polar surface area (TPSA) is 48.4 Å². The van der Waals surface area contributed by atoms with Gasteiger partial charge in [0, 0.05) is 11.1 Å². The zero-order chi connectivity index (χ0) is 13.8. The second-order valence-corrected chi connectivity index (χ2v) is 5.04. The van der Waals surface area contributed by atoms with E-state index in [0.717, 1.165) is 17.1 Å². The molecule has 4 heteroatoms. The van der Waals surface area contributed by atoms with E-state index in [2.05, 4.69) is 0 Å². The van der Waals surface area contributed by atoms with Gasteiger partial charge in [-0.15, -0.1) is 0 Å². The summed E-state index contributed by atoms with van der Waals surface area (Å²) in [6, 6.07) is 11.3. The molecule has 0 saturated heterocycles. The molecule has 1 aromatic heterocycles. The van der Waals surface area contributed by atoms with Crippen molar-refractivity contribution in [1.29, 1.82) is 0 Å². The van der Waals surface area contributed by atoms with Crippen molar-refractivity contribution in [3.8, 4) is 0 Å². The lowest BCUT2D eigenvalue weighted by atomic mass is 10.1. The number of nitrogens with two attached hydrogens (primary N) is 1. The van der Waals surface area contributed by atoms with Gasteiger partial charge in [-0.3, -0.25) is 0 Å². The Morgan fingerprint density at radius 2 is 2.00 bits per heavy atom. The monoisotopic (exact) mass is 279 g/mol. The Labute approximate surface area is 118 Å². The van der Waals surface area contributed by atoms with Crippen LogP contribution in [0.1, 0.15) is 30.1 Å². The third kappa shape index (κ3) is 3.60. The van der Waals surface area contributed by atoms with Crippen molar-refractivity contribution in [1.82, 2.24) is 0 Å². The smallest absolute Gasteiger partial charge is 0.134 e. The van der Waals surface area contributed by atoms with Crippen LogP contribution in [-0.4, -0.2) is 6.04 Å². The molecule has 0 spiro atoms. The van der Waals surface area contributed by atoms with Crippen LogP contribution in [0.2, 0.25) is 5.02 Å². The van der Waals surface area contributed by atoms with Gasteiger partial charge in [-0.05, 0) is 37.6 Å². The average Bonchev–Trinajstić information content (AvgIpc) is 2.78. The first-order valence-electron chi connectivity index (χ1n) is 6.25. The lowest BCUT2D eigenvalue weighted by molar-refractivity contribution is 0.0115. The molecule has 2 N–H and O–H groups in total. The number of hydrogen-bond donors (Lipinski definition) is 1. The molecule has 0 bridgehead atoms. The maximum atomic E-state index is 6.10. The highest BCUT2D eigenvalue weighted by Crippen LogP contribution is 2.25. The summed E-state index contributed by atoms with van der Waals surface area (Å²) in [7, 11) is 0. The highest BCUT2D eigenvalue weighted by atomic mass is 35.5. The number of ether oxygens (including phenoxy) is 1. The summed E-state index contributed by atoms with van der Waals surface area (Å²) < 4.78 is 11.5. The summed E-state index contributed by atoms with van der Waals surface area (Å²) in [6.07, 6.45) is -0.273. The van der Waals surface area contributed by atoms with E-state index >= 15 is 0 Å². The first kappa shape index (κ1) is 14.1. The second-order valence-electron chi connectivity index (χ2n) is 4.63. The van der Waals surface area contributed by atoms with E-state index in [0.29, 0.717) is 11.6 Å². The van der Waals surface area contributed by atoms with E-state index in [1.54, 1.807) is 0 Å². The molecule has 0 aliphatic rings. The number of halogens is 1. The van der Waals surface area contributed by atoms with E-state index in [-0.39, 0.29) is 12.1 Å². The molecule has 0 saturated carbocycles. The van der Waals surface area contributed by atoms with Crippen molar-refractivity contribution in [3.05, 3.63) is 58.5 Å². The molecular formula is C15H18ClNO2. The van der Waals surface area contributed by atoms with Gasteiger partial charge in [0.15, 0.2) is 0 Å². The summed E-state index contributed by atoms with van der Waals surface area (Å²) in [5.74, 6) is 1.60. The van der Waals surface area contributed by atoms with Gasteiger partial charge in [-0.1, -0.05) is 29.8 Å². The molecule has 3 nitrogen and oxygen atoms in total. The summed E-state index contributed by atoms with van der Waals surface area (Å²) in [6.45, 7) is 4.20. The Kier molecular flexibility index (Phi) is 4.64. The first-order valence-corrected chi connectivity index (χ1v) is 6.62. The fraction of sp³-hybridized carbons (Fsp3) is 0.333. The number of aryl methyl sites for hydroxylation is 1. The Morgan fingerprint density at radius 3 is 2.58 bits per heavy atom. The molecular weight excluding hydrogens is 262 g/mol. The van der Waals surface area contributed by atoms with E-state index in [4.69, 9.17) is 26.5 Å². The van der Waals surface area contributed by atoms with Crippen molar-refractivity contribution >= 4 is 11.6 Å². The fourth-order valence-corrected chi connectivity index (χ4v) is 2.08. The number of furan rings is 1. The van der Waals surface area contributed by atoms with Gasteiger partial charge in [0.05, 0.1) is 6.61 Å². The van der Waals surface area contributed by atoms with Crippen LogP contribution in [0.25, 0.3) is 0 Å². The molecule has 19 heavy (non-hydrogen) atoms. The van der Waals surface area contributed by atoms with E-state index in [1.165, 1.54) is 0 Å². The van der Waals surface area contributed by atoms with Crippen LogP contribution in [0.4, 0.5) is 0 Å². The maximum Gasteiger partial charge on any atom is 0.134 e. The van der Waals surface area contributed by atoms with Gasteiger partial charge < -0.3 is 14.9 Å². The minimum atomic E-state index is -0.273. The molecule has 0 radical (unpaired) electrons. The zero-order valence-corrected chi connectivity index (χ0v) is 11.9. The van der Waals surface area contributed by atoms with Crippen molar-refractivity contribution in [2.75, 3.05) is 0 Å². The van der Waals surface area contributed by atoms with Crippen molar-refractivity contribution < 1.29 is 9.15 Å². The molecule has 1 aromatic carbocycles. The fourth-order valence-electron chi connectivity index (χ4n) is 1.89. The van der Waals surface area contributed by atoms with E-state index in [1.807, 2.05) is 50.2 Å². The third-order valence-corrected chi connectivity index (χ3v) is 3.26. The number of rotatable bonds is 5. The SMILES string of the molecule is Cc1ccc(C(OCc2ccccc2Cl)C(C)N)o1. The largest absolute Gasteiger partial charge is 0.464 e. The Bertz CT molecular complexity index is 536. The van der Waals surface area contributed by atoms with Crippen LogP contribution >= 0.6 is 11.6 Å². The van der Waals surface area contributed by atoms with Crippen LogP contribution in [-0.2, 0) is 11.3 Å². The Hall–Kier alpha value is -1.29. The van der Waals surface area contributed by atoms with Crippen LogP contribution in [0.3, 0.4) is 0 Å². The number of hydrogen-bond acceptors (Lipinski definition) is 3. The maximum absolute atomic E-state index is 6.10. The third-order valence-electron chi connectivity index (χ3n) is 2.90. The lowest BCUT2D eigenvalue weighted by Gasteiger charge is -2.19. The molecule has 0 aliphatic heterocycles. The summed E-state index contributed by atoms with van der Waals surface area (Å²) in [5, 5.41) is 0.696. The molecule has 0 amide bonds. The molecule has 2 unspecified atom stereocenters. The normalized spacial score (nSPS) is 14.3. The zero-order valence-electron chi connectivity index (χ0n) is 11.1. The van der Waals surface area contributed by atoms with Gasteiger partial charge in [-0.25, -0.2) is 0 Å². The lowest BCUT2D eigenvalue weighted by Crippen LogP contribution is -2.26. The molecule has 2 atom stereocenters. The van der Waals surface area contributed by atoms with Gasteiger partial charge in [-0.2, -0.15) is 0 Å². The minimum absolute atomic E-state index is 0.159. The minimum Gasteiger partial charge on any atom is -0.464 e. The predicted octanol–water partition coefficient (Wildman–Crippen LogP) is 3.85. The predicted molar refractivity (Wildman–Crippen MR) is 76.1 cm³/mol. The van der Waals surface area contributed by atoms with Crippen molar-refractivity contribution in [2.45, 2.75) is 32.6 Å². The van der Waals surface area contributed by atoms with Gasteiger partial charge in [0.25, 0.3) is 0 Å². The first-order chi connectivity index (χ1) is 9.08. The van der Waals surface area contributed by atoms with E-state index < -0.39 is 0 Å². The molecule has 102 valence electrons. The van der Waals surface area contributed by atoms with Gasteiger partial charge in [0.1, 0.15) is 17.6 Å². The Balaban J connectivity index is 2.08. The highest BCUT2D eigenvalue weighted by molar-refractivity contribution is 6.31. The molecule has 2 rings (SSSR count). The molecule has 1 heterocycles. The van der Waals surface area contributed by atoms with Gasteiger partial charge >= 0.3 is 0 Å². The van der Waals surface area contributed by atoms with Crippen molar-refractivity contribution in [3.63, 3.8) is 0 Å². The number of benzene rings is 1. The quantitative estimate of drug-likeness (QED) is 0.904. The van der Waals surface area contributed by atoms with Gasteiger partial charge in [0.2, 0.25) is 0 Å². The standard InChI is InChI=1S/C15H18ClNO2/c1-10-7-8-14(19-10)15(11(2)17)18-9-12-5-3-4-6-13(12)16/h3-8,11,15H,9,17H2,1-2H3.